The van der Waals surface area contributed by atoms with Crippen LogP contribution < -0.4 is 11.1 Å². The number of primary amides is 1. The van der Waals surface area contributed by atoms with Gasteiger partial charge in [0.2, 0.25) is 0 Å². The molecule has 2 aliphatic rings. The number of hydrogen-bond acceptors (Lipinski definition) is 2. The van der Waals surface area contributed by atoms with Gasteiger partial charge in [-0.2, -0.15) is 0 Å². The molecule has 0 radical (unpaired) electrons. The number of benzene rings is 1. The Balaban J connectivity index is 1.84. The maximum Gasteiger partial charge on any atom is 0.251 e. The first-order chi connectivity index (χ1) is 9.04. The molecule has 5 heteroatoms. The normalized spacial score (nSPS) is 28.6. The molecule has 2 saturated carbocycles. The third kappa shape index (κ3) is 2.17. The van der Waals surface area contributed by atoms with E-state index in [0.717, 1.165) is 24.8 Å². The number of carbonyl (C=O) groups is 1. The lowest BCUT2D eigenvalue weighted by atomic mass is 9.95. The maximum atomic E-state index is 13.7. The molecule has 0 spiro atoms. The van der Waals surface area contributed by atoms with Crippen molar-refractivity contribution in [1.82, 2.24) is 0 Å². The molecule has 3 nitrogen and oxygen atoms in total. The average molecular weight is 266 g/mol. The van der Waals surface area contributed by atoms with Gasteiger partial charge >= 0.3 is 0 Å². The first-order valence-corrected chi connectivity index (χ1v) is 6.60. The zero-order chi connectivity index (χ0) is 13.6. The molecule has 2 bridgehead atoms. The number of nitrogens with one attached hydrogen (secondary N) is 1. The van der Waals surface area contributed by atoms with Gasteiger partial charge < -0.3 is 11.1 Å². The summed E-state index contributed by atoms with van der Waals surface area (Å²) in [5.41, 5.74) is 4.98. The van der Waals surface area contributed by atoms with Crippen molar-refractivity contribution in [1.29, 1.82) is 0 Å². The molecule has 3 rings (SSSR count). The molecule has 1 aromatic rings. The van der Waals surface area contributed by atoms with Gasteiger partial charge in [-0.15, -0.1) is 0 Å². The number of amides is 1. The van der Waals surface area contributed by atoms with Gasteiger partial charge in [-0.25, -0.2) is 8.78 Å². The zero-order valence-corrected chi connectivity index (χ0v) is 10.5. The predicted molar refractivity (Wildman–Crippen MR) is 67.7 cm³/mol. The Morgan fingerprint density at radius 2 is 2.00 bits per heavy atom. The van der Waals surface area contributed by atoms with Crippen molar-refractivity contribution in [2.45, 2.75) is 31.7 Å². The van der Waals surface area contributed by atoms with Gasteiger partial charge in [-0.3, -0.25) is 4.79 Å². The van der Waals surface area contributed by atoms with Crippen LogP contribution in [0, 0.1) is 23.5 Å². The number of fused-ring (bicyclic) bond motifs is 2. The Morgan fingerprint density at radius 1 is 1.21 bits per heavy atom. The molecule has 0 aromatic heterocycles. The van der Waals surface area contributed by atoms with Crippen molar-refractivity contribution in [3.8, 4) is 0 Å². The van der Waals surface area contributed by atoms with E-state index >= 15 is 0 Å². The largest absolute Gasteiger partial charge is 0.380 e. The molecule has 0 saturated heterocycles. The fourth-order valence-corrected chi connectivity index (χ4v) is 3.47. The third-order valence-corrected chi connectivity index (χ3v) is 4.40. The summed E-state index contributed by atoms with van der Waals surface area (Å²) >= 11 is 0. The van der Waals surface area contributed by atoms with E-state index in [1.54, 1.807) is 0 Å². The number of anilines is 1. The summed E-state index contributed by atoms with van der Waals surface area (Å²) in [6.07, 6.45) is 4.62. The van der Waals surface area contributed by atoms with Crippen molar-refractivity contribution in [3.05, 3.63) is 29.3 Å². The molecule has 1 amide bonds. The minimum absolute atomic E-state index is 0.174. The molecule has 0 heterocycles. The highest BCUT2D eigenvalue weighted by atomic mass is 19.1. The number of halogens is 2. The number of hydrogen-bond donors (Lipinski definition) is 2. The van der Waals surface area contributed by atoms with Gasteiger partial charge in [0.25, 0.3) is 5.91 Å². The van der Waals surface area contributed by atoms with Crippen LogP contribution in [0.2, 0.25) is 0 Å². The van der Waals surface area contributed by atoms with E-state index in [1.165, 1.54) is 18.9 Å². The van der Waals surface area contributed by atoms with Gasteiger partial charge in [0.15, 0.2) is 0 Å². The van der Waals surface area contributed by atoms with E-state index in [4.69, 9.17) is 5.73 Å². The highest BCUT2D eigenvalue weighted by Gasteiger charge is 2.39. The minimum Gasteiger partial charge on any atom is -0.380 e. The number of carbonyl (C=O) groups excluding carboxylic acids is 1. The lowest BCUT2D eigenvalue weighted by Crippen LogP contribution is -2.26. The molecule has 2 aliphatic carbocycles. The van der Waals surface area contributed by atoms with Crippen LogP contribution in [0.4, 0.5) is 14.5 Å². The van der Waals surface area contributed by atoms with Gasteiger partial charge in [0, 0.05) is 12.1 Å². The Kier molecular flexibility index (Phi) is 2.92. The van der Waals surface area contributed by atoms with E-state index in [-0.39, 0.29) is 17.3 Å². The summed E-state index contributed by atoms with van der Waals surface area (Å²) in [6, 6.07) is 2.12. The van der Waals surface area contributed by atoms with Crippen molar-refractivity contribution in [2.75, 3.05) is 5.32 Å². The van der Waals surface area contributed by atoms with Crippen LogP contribution in [-0.4, -0.2) is 11.9 Å². The Morgan fingerprint density at radius 3 is 2.58 bits per heavy atom. The third-order valence-electron chi connectivity index (χ3n) is 4.40. The van der Waals surface area contributed by atoms with Gasteiger partial charge in [-0.1, -0.05) is 6.42 Å². The predicted octanol–water partition coefficient (Wildman–Crippen LogP) is 2.66. The van der Waals surface area contributed by atoms with E-state index in [0.29, 0.717) is 5.92 Å². The molecule has 3 N–H and O–H groups in total. The van der Waals surface area contributed by atoms with Crippen molar-refractivity contribution >= 4 is 11.6 Å². The van der Waals surface area contributed by atoms with E-state index in [1.807, 2.05) is 0 Å². The SMILES string of the molecule is NC(=O)c1cc(NC2CC3CCC2C3)c(F)cc1F. The van der Waals surface area contributed by atoms with Crippen molar-refractivity contribution in [3.63, 3.8) is 0 Å². The van der Waals surface area contributed by atoms with E-state index in [2.05, 4.69) is 5.32 Å². The Bertz CT molecular complexity index is 532. The fourth-order valence-electron chi connectivity index (χ4n) is 3.47. The van der Waals surface area contributed by atoms with Gasteiger partial charge in [0.05, 0.1) is 11.3 Å². The van der Waals surface area contributed by atoms with Crippen molar-refractivity contribution in [2.24, 2.45) is 17.6 Å². The monoisotopic (exact) mass is 266 g/mol. The van der Waals surface area contributed by atoms with E-state index < -0.39 is 17.5 Å². The number of rotatable bonds is 3. The van der Waals surface area contributed by atoms with Crippen LogP contribution in [0.5, 0.6) is 0 Å². The molecule has 0 aliphatic heterocycles. The smallest absolute Gasteiger partial charge is 0.251 e. The average Bonchev–Trinajstić information content (AvgIpc) is 2.94. The Hall–Kier alpha value is -1.65. The van der Waals surface area contributed by atoms with Gasteiger partial charge in [0.1, 0.15) is 11.6 Å². The molecule has 3 atom stereocenters. The summed E-state index contributed by atoms with van der Waals surface area (Å²) < 4.78 is 27.1. The van der Waals surface area contributed by atoms with Crippen LogP contribution in [-0.2, 0) is 0 Å². The summed E-state index contributed by atoms with van der Waals surface area (Å²) in [7, 11) is 0. The van der Waals surface area contributed by atoms with Gasteiger partial charge in [-0.05, 0) is 37.2 Å². The summed E-state index contributed by atoms with van der Waals surface area (Å²) in [5.74, 6) is -1.18. The topological polar surface area (TPSA) is 55.1 Å². The lowest BCUT2D eigenvalue weighted by molar-refractivity contribution is 0.0996. The molecule has 19 heavy (non-hydrogen) atoms. The summed E-state index contributed by atoms with van der Waals surface area (Å²) in [4.78, 5) is 11.1. The fraction of sp³-hybridized carbons (Fsp3) is 0.500. The molecule has 2 fully saturated rings. The zero-order valence-electron chi connectivity index (χ0n) is 10.5. The first kappa shape index (κ1) is 12.4. The Labute approximate surface area is 110 Å². The summed E-state index contributed by atoms with van der Waals surface area (Å²) in [5, 5.41) is 3.11. The molecular formula is C14H16F2N2O. The van der Waals surface area contributed by atoms with Crippen LogP contribution in [0.15, 0.2) is 12.1 Å². The quantitative estimate of drug-likeness (QED) is 0.883. The second kappa shape index (κ2) is 4.47. The van der Waals surface area contributed by atoms with Crippen molar-refractivity contribution < 1.29 is 13.6 Å². The minimum atomic E-state index is -0.913. The van der Waals surface area contributed by atoms with Crippen LogP contribution in [0.25, 0.3) is 0 Å². The highest BCUT2D eigenvalue weighted by molar-refractivity contribution is 5.94. The summed E-state index contributed by atoms with van der Waals surface area (Å²) in [6.45, 7) is 0. The second-order valence-corrected chi connectivity index (χ2v) is 5.60. The van der Waals surface area contributed by atoms with E-state index in [9.17, 15) is 13.6 Å². The highest BCUT2D eigenvalue weighted by Crippen LogP contribution is 2.45. The van der Waals surface area contributed by atoms with Crippen LogP contribution in [0.3, 0.4) is 0 Å². The standard InChI is InChI=1S/C14H16F2N2O/c15-10-6-11(16)13(5-9(10)14(17)19)18-12-4-7-1-2-8(12)3-7/h5-8,12,18H,1-4H2,(H2,17,19). The second-order valence-electron chi connectivity index (χ2n) is 5.60. The molecular weight excluding hydrogens is 250 g/mol. The molecule has 102 valence electrons. The lowest BCUT2D eigenvalue weighted by Gasteiger charge is -2.24. The molecule has 1 aromatic carbocycles. The molecule has 3 unspecified atom stereocenters. The van der Waals surface area contributed by atoms with Crippen LogP contribution >= 0.6 is 0 Å². The van der Waals surface area contributed by atoms with Crippen LogP contribution in [0.1, 0.15) is 36.0 Å². The maximum absolute atomic E-state index is 13.7. The number of nitrogens with two attached hydrogens (primary N) is 1. The first-order valence-electron chi connectivity index (χ1n) is 6.60.